The Hall–Kier alpha value is -0.620. The lowest BCUT2D eigenvalue weighted by atomic mass is 10.4. The van der Waals surface area contributed by atoms with Gasteiger partial charge in [0.05, 0.1) is 5.75 Å². The molecule has 0 saturated heterocycles. The SMILES string of the molecule is CS(=O)(=O)CCCNc1ccc(Br)cn1. The molecule has 0 atom stereocenters. The summed E-state index contributed by atoms with van der Waals surface area (Å²) in [5, 5.41) is 3.05. The van der Waals surface area contributed by atoms with Gasteiger partial charge in [-0.2, -0.15) is 0 Å². The second-order valence-corrected chi connectivity index (χ2v) is 6.45. The van der Waals surface area contributed by atoms with Gasteiger partial charge in [0.1, 0.15) is 15.7 Å². The zero-order chi connectivity index (χ0) is 11.3. The van der Waals surface area contributed by atoms with Gasteiger partial charge in [0, 0.05) is 23.5 Å². The van der Waals surface area contributed by atoms with E-state index in [0.29, 0.717) is 13.0 Å². The highest BCUT2D eigenvalue weighted by atomic mass is 79.9. The summed E-state index contributed by atoms with van der Waals surface area (Å²) >= 11 is 3.28. The minimum atomic E-state index is -2.85. The molecule has 0 aliphatic heterocycles. The molecule has 0 aliphatic carbocycles. The van der Waals surface area contributed by atoms with Crippen LogP contribution in [0.4, 0.5) is 5.82 Å². The van der Waals surface area contributed by atoms with Crippen LogP contribution >= 0.6 is 15.9 Å². The Morgan fingerprint density at radius 2 is 2.20 bits per heavy atom. The largest absolute Gasteiger partial charge is 0.370 e. The van der Waals surface area contributed by atoms with Crippen LogP contribution in [0.3, 0.4) is 0 Å². The van der Waals surface area contributed by atoms with Gasteiger partial charge in [0.25, 0.3) is 0 Å². The molecule has 6 heteroatoms. The van der Waals surface area contributed by atoms with E-state index in [0.717, 1.165) is 10.3 Å². The summed E-state index contributed by atoms with van der Waals surface area (Å²) in [5.74, 6) is 0.961. The first-order valence-corrected chi connectivity index (χ1v) is 7.36. The summed E-state index contributed by atoms with van der Waals surface area (Å²) in [6.45, 7) is 0.613. The molecule has 0 fully saturated rings. The van der Waals surface area contributed by atoms with Gasteiger partial charge in [0.2, 0.25) is 0 Å². The van der Waals surface area contributed by atoms with E-state index in [1.807, 2.05) is 12.1 Å². The van der Waals surface area contributed by atoms with Crippen molar-refractivity contribution < 1.29 is 8.42 Å². The van der Waals surface area contributed by atoms with Gasteiger partial charge in [0.15, 0.2) is 0 Å². The average Bonchev–Trinajstić information content (AvgIpc) is 2.14. The third kappa shape index (κ3) is 5.74. The van der Waals surface area contributed by atoms with Crippen LogP contribution in [0.5, 0.6) is 0 Å². The monoisotopic (exact) mass is 292 g/mol. The molecule has 0 radical (unpaired) electrons. The van der Waals surface area contributed by atoms with Crippen molar-refractivity contribution in [2.75, 3.05) is 23.9 Å². The normalized spacial score (nSPS) is 11.3. The van der Waals surface area contributed by atoms with Gasteiger partial charge in [-0.15, -0.1) is 0 Å². The first-order valence-electron chi connectivity index (χ1n) is 4.50. The number of anilines is 1. The molecule has 0 saturated carbocycles. The lowest BCUT2D eigenvalue weighted by Crippen LogP contribution is -2.10. The van der Waals surface area contributed by atoms with E-state index in [4.69, 9.17) is 0 Å². The van der Waals surface area contributed by atoms with Crippen LogP contribution in [0.1, 0.15) is 6.42 Å². The highest BCUT2D eigenvalue weighted by molar-refractivity contribution is 9.10. The van der Waals surface area contributed by atoms with Gasteiger partial charge < -0.3 is 5.32 Å². The van der Waals surface area contributed by atoms with Crippen LogP contribution in [0, 0.1) is 0 Å². The molecule has 15 heavy (non-hydrogen) atoms. The third-order valence-corrected chi connectivity index (χ3v) is 3.22. The van der Waals surface area contributed by atoms with Gasteiger partial charge >= 0.3 is 0 Å². The van der Waals surface area contributed by atoms with Crippen LogP contribution in [0.25, 0.3) is 0 Å². The molecule has 0 spiro atoms. The molecular formula is C9H13BrN2O2S. The van der Waals surface area contributed by atoms with E-state index in [1.54, 1.807) is 6.20 Å². The van der Waals surface area contributed by atoms with Gasteiger partial charge in [-0.25, -0.2) is 13.4 Å². The fourth-order valence-electron chi connectivity index (χ4n) is 1.03. The Morgan fingerprint density at radius 3 is 2.73 bits per heavy atom. The second kappa shape index (κ2) is 5.46. The van der Waals surface area contributed by atoms with Gasteiger partial charge in [-0.1, -0.05) is 0 Å². The Bertz CT molecular complexity index is 403. The van der Waals surface area contributed by atoms with Crippen molar-refractivity contribution in [2.24, 2.45) is 0 Å². The fraction of sp³-hybridized carbons (Fsp3) is 0.444. The zero-order valence-corrected chi connectivity index (χ0v) is 10.8. The number of nitrogens with zero attached hydrogens (tertiary/aromatic N) is 1. The molecule has 84 valence electrons. The van der Waals surface area contributed by atoms with E-state index in [1.165, 1.54) is 6.26 Å². The maximum Gasteiger partial charge on any atom is 0.147 e. The van der Waals surface area contributed by atoms with E-state index < -0.39 is 9.84 Å². The summed E-state index contributed by atoms with van der Waals surface area (Å²) in [6, 6.07) is 3.72. The second-order valence-electron chi connectivity index (χ2n) is 3.27. The molecule has 0 unspecified atom stereocenters. The molecule has 1 aromatic rings. The lowest BCUT2D eigenvalue weighted by molar-refractivity contribution is 0.600. The van der Waals surface area contributed by atoms with Gasteiger partial charge in [-0.05, 0) is 34.5 Å². The Labute approximate surface area is 98.2 Å². The Morgan fingerprint density at radius 1 is 1.47 bits per heavy atom. The maximum absolute atomic E-state index is 10.8. The summed E-state index contributed by atoms with van der Waals surface area (Å²) in [4.78, 5) is 4.10. The van der Waals surface area contributed by atoms with E-state index in [-0.39, 0.29) is 5.75 Å². The van der Waals surface area contributed by atoms with Gasteiger partial charge in [-0.3, -0.25) is 0 Å². The molecule has 0 aromatic carbocycles. The van der Waals surface area contributed by atoms with E-state index >= 15 is 0 Å². The van der Waals surface area contributed by atoms with Crippen LogP contribution < -0.4 is 5.32 Å². The Kier molecular flexibility index (Phi) is 4.53. The average molecular weight is 293 g/mol. The van der Waals surface area contributed by atoms with Crippen molar-refractivity contribution in [1.82, 2.24) is 4.98 Å². The standard InChI is InChI=1S/C9H13BrN2O2S/c1-15(13,14)6-2-5-11-9-4-3-8(10)7-12-9/h3-4,7H,2,5-6H2,1H3,(H,11,12). The number of pyridine rings is 1. The lowest BCUT2D eigenvalue weighted by Gasteiger charge is -2.04. The van der Waals surface area contributed by atoms with Crippen LogP contribution in [-0.2, 0) is 9.84 Å². The predicted octanol–water partition coefficient (Wildman–Crippen LogP) is 1.69. The van der Waals surface area contributed by atoms with Crippen molar-refractivity contribution in [3.63, 3.8) is 0 Å². The first kappa shape index (κ1) is 12.4. The van der Waals surface area contributed by atoms with Crippen molar-refractivity contribution in [3.05, 3.63) is 22.8 Å². The van der Waals surface area contributed by atoms with Crippen molar-refractivity contribution in [2.45, 2.75) is 6.42 Å². The third-order valence-electron chi connectivity index (χ3n) is 1.73. The van der Waals surface area contributed by atoms with Crippen LogP contribution in [0.2, 0.25) is 0 Å². The van der Waals surface area contributed by atoms with Crippen LogP contribution in [-0.4, -0.2) is 32.0 Å². The topological polar surface area (TPSA) is 59.1 Å². The highest BCUT2D eigenvalue weighted by Crippen LogP contribution is 2.10. The first-order chi connectivity index (χ1) is 6.97. The number of aromatic nitrogens is 1. The summed E-state index contributed by atoms with van der Waals surface area (Å²) < 4.78 is 22.6. The van der Waals surface area contributed by atoms with E-state index in [9.17, 15) is 8.42 Å². The quantitative estimate of drug-likeness (QED) is 0.839. The minimum absolute atomic E-state index is 0.205. The van der Waals surface area contributed by atoms with E-state index in [2.05, 4.69) is 26.2 Å². The number of halogens is 1. The fourth-order valence-corrected chi connectivity index (χ4v) is 1.93. The summed E-state index contributed by atoms with van der Waals surface area (Å²) in [5.41, 5.74) is 0. The molecule has 1 heterocycles. The molecule has 1 N–H and O–H groups in total. The molecule has 1 aromatic heterocycles. The molecular weight excluding hydrogens is 280 g/mol. The molecule has 0 amide bonds. The number of hydrogen-bond acceptors (Lipinski definition) is 4. The Balaban J connectivity index is 2.29. The smallest absolute Gasteiger partial charge is 0.147 e. The molecule has 0 bridgehead atoms. The zero-order valence-electron chi connectivity index (χ0n) is 8.40. The molecule has 4 nitrogen and oxygen atoms in total. The summed E-state index contributed by atoms with van der Waals surface area (Å²) in [7, 11) is -2.85. The number of rotatable bonds is 5. The summed E-state index contributed by atoms with van der Waals surface area (Å²) in [6.07, 6.45) is 3.53. The van der Waals surface area contributed by atoms with Crippen molar-refractivity contribution in [1.29, 1.82) is 0 Å². The number of sulfone groups is 1. The highest BCUT2D eigenvalue weighted by Gasteiger charge is 2.01. The maximum atomic E-state index is 10.8. The number of nitrogens with one attached hydrogen (secondary N) is 1. The predicted molar refractivity (Wildman–Crippen MR) is 64.8 cm³/mol. The van der Waals surface area contributed by atoms with Crippen molar-refractivity contribution >= 4 is 31.6 Å². The van der Waals surface area contributed by atoms with Crippen LogP contribution in [0.15, 0.2) is 22.8 Å². The van der Waals surface area contributed by atoms with Crippen molar-refractivity contribution in [3.8, 4) is 0 Å². The molecule has 1 rings (SSSR count). The molecule has 0 aliphatic rings. The minimum Gasteiger partial charge on any atom is -0.370 e. The number of hydrogen-bond donors (Lipinski definition) is 1.